The second kappa shape index (κ2) is 7.45. The molecule has 0 atom stereocenters. The monoisotopic (exact) mass is 386 g/mol. The van der Waals surface area contributed by atoms with E-state index in [1.807, 2.05) is 0 Å². The van der Waals surface area contributed by atoms with Gasteiger partial charge in [-0.2, -0.15) is 31.4 Å². The summed E-state index contributed by atoms with van der Waals surface area (Å²) in [6.07, 6.45) is -8.81. The predicted octanol–water partition coefficient (Wildman–Crippen LogP) is 3.99. The van der Waals surface area contributed by atoms with Crippen molar-refractivity contribution >= 4 is 19.4 Å². The van der Waals surface area contributed by atoms with Crippen molar-refractivity contribution in [3.8, 4) is 0 Å². The van der Waals surface area contributed by atoms with E-state index in [0.717, 1.165) is 0 Å². The van der Waals surface area contributed by atoms with Crippen LogP contribution >= 0.6 is 19.4 Å². The molecule has 1 rings (SSSR count). The molecule has 23 heavy (non-hydrogen) atoms. The molecular formula is C10H13F6N2O3PS. The highest BCUT2D eigenvalue weighted by atomic mass is 32.2. The second-order valence-electron chi connectivity index (χ2n) is 4.35. The number of halogens is 6. The molecule has 0 saturated carbocycles. The Morgan fingerprint density at radius 3 is 2.00 bits per heavy atom. The van der Waals surface area contributed by atoms with Crippen LogP contribution in [-0.2, 0) is 26.8 Å². The van der Waals surface area contributed by atoms with Crippen molar-refractivity contribution in [2.45, 2.75) is 23.5 Å². The zero-order valence-electron chi connectivity index (χ0n) is 11.9. The molecule has 0 unspecified atom stereocenters. The van der Waals surface area contributed by atoms with Gasteiger partial charge in [-0.3, -0.25) is 18.3 Å². The number of alkyl halides is 6. The zero-order chi connectivity index (χ0) is 17.9. The first-order valence-corrected chi connectivity index (χ1v) is 8.87. The van der Waals surface area contributed by atoms with Gasteiger partial charge in [0.05, 0.1) is 16.9 Å². The van der Waals surface area contributed by atoms with Crippen molar-refractivity contribution < 1.29 is 40.0 Å². The fourth-order valence-corrected chi connectivity index (χ4v) is 3.50. The molecule has 1 aromatic heterocycles. The first-order chi connectivity index (χ1) is 10.3. The van der Waals surface area contributed by atoms with Crippen molar-refractivity contribution in [3.05, 3.63) is 11.8 Å². The van der Waals surface area contributed by atoms with E-state index < -0.39 is 39.3 Å². The SMILES string of the molecule is CSc1cc(CP(=O)(OCC(F)(F)F)OCC(F)(F)F)nn1C. The van der Waals surface area contributed by atoms with Gasteiger partial charge in [0.25, 0.3) is 0 Å². The molecule has 0 aliphatic heterocycles. The summed E-state index contributed by atoms with van der Waals surface area (Å²) in [6.45, 7) is -3.96. The summed E-state index contributed by atoms with van der Waals surface area (Å²) in [5.41, 5.74) is 0.00420. The fourth-order valence-electron chi connectivity index (χ4n) is 1.45. The minimum absolute atomic E-state index is 0.00420. The lowest BCUT2D eigenvalue weighted by Crippen LogP contribution is -2.20. The molecule has 0 bridgehead atoms. The van der Waals surface area contributed by atoms with Crippen LogP contribution in [0.25, 0.3) is 0 Å². The maximum atomic E-state index is 12.2. The minimum Gasteiger partial charge on any atom is -0.299 e. The molecule has 134 valence electrons. The van der Waals surface area contributed by atoms with E-state index in [9.17, 15) is 30.9 Å². The van der Waals surface area contributed by atoms with E-state index in [-0.39, 0.29) is 5.69 Å². The highest BCUT2D eigenvalue weighted by Crippen LogP contribution is 2.53. The Balaban J connectivity index is 2.90. The molecule has 0 amide bonds. The first kappa shape index (κ1) is 20.3. The zero-order valence-corrected chi connectivity index (χ0v) is 13.7. The lowest BCUT2D eigenvalue weighted by atomic mass is 10.5. The molecule has 1 aromatic rings. The van der Waals surface area contributed by atoms with Crippen LogP contribution in [0.1, 0.15) is 5.69 Å². The summed E-state index contributed by atoms with van der Waals surface area (Å²) < 4.78 is 94.8. The van der Waals surface area contributed by atoms with Crippen molar-refractivity contribution in [3.63, 3.8) is 0 Å². The largest absolute Gasteiger partial charge is 0.412 e. The van der Waals surface area contributed by atoms with Gasteiger partial charge in [-0.25, -0.2) is 0 Å². The van der Waals surface area contributed by atoms with E-state index in [1.54, 1.807) is 6.26 Å². The number of rotatable bonds is 7. The third-order valence-electron chi connectivity index (χ3n) is 2.30. The summed E-state index contributed by atoms with van der Waals surface area (Å²) >= 11 is 1.25. The van der Waals surface area contributed by atoms with Crippen LogP contribution in [0, 0.1) is 0 Å². The Kier molecular flexibility index (Phi) is 6.59. The van der Waals surface area contributed by atoms with Crippen molar-refractivity contribution in [1.82, 2.24) is 9.78 Å². The van der Waals surface area contributed by atoms with Gasteiger partial charge in [-0.1, -0.05) is 0 Å². The fraction of sp³-hybridized carbons (Fsp3) is 0.700. The molecule has 0 radical (unpaired) electrons. The Labute approximate surface area is 131 Å². The number of thioether (sulfide) groups is 1. The second-order valence-corrected chi connectivity index (χ2v) is 7.23. The van der Waals surface area contributed by atoms with Crippen LogP contribution < -0.4 is 0 Å². The van der Waals surface area contributed by atoms with E-state index in [4.69, 9.17) is 0 Å². The normalized spacial score (nSPS) is 13.6. The van der Waals surface area contributed by atoms with Crippen molar-refractivity contribution in [1.29, 1.82) is 0 Å². The molecule has 13 heteroatoms. The Morgan fingerprint density at radius 1 is 1.17 bits per heavy atom. The average Bonchev–Trinajstić information content (AvgIpc) is 2.73. The van der Waals surface area contributed by atoms with Crippen molar-refractivity contribution in [2.24, 2.45) is 7.05 Å². The van der Waals surface area contributed by atoms with Gasteiger partial charge in [0.15, 0.2) is 13.2 Å². The third-order valence-corrected chi connectivity index (χ3v) is 4.86. The number of nitrogens with zero attached hydrogens (tertiary/aromatic N) is 2. The maximum absolute atomic E-state index is 12.2. The third kappa shape index (κ3) is 7.60. The summed E-state index contributed by atoms with van der Waals surface area (Å²) in [5.74, 6) is 0. The van der Waals surface area contributed by atoms with E-state index in [1.165, 1.54) is 29.6 Å². The van der Waals surface area contributed by atoms with Crippen LogP contribution in [-0.4, -0.2) is 41.6 Å². The van der Waals surface area contributed by atoms with E-state index in [0.29, 0.717) is 5.03 Å². The Morgan fingerprint density at radius 2 is 1.65 bits per heavy atom. The standard InChI is InChI=1S/C10H13F6N2O3PS/c1-18-8(23-2)3-7(17-18)4-22(19,20-5-9(11,12)13)21-6-10(14,15)16/h3H,4-6H2,1-2H3. The van der Waals surface area contributed by atoms with Crippen LogP contribution in [0.4, 0.5) is 26.3 Å². The number of aromatic nitrogens is 2. The topological polar surface area (TPSA) is 53.4 Å². The Bertz CT molecular complexity index is 552. The van der Waals surface area contributed by atoms with Crippen LogP contribution in [0.2, 0.25) is 0 Å². The molecule has 0 aliphatic carbocycles. The summed E-state index contributed by atoms with van der Waals surface area (Å²) in [4.78, 5) is 0. The molecule has 1 heterocycles. The smallest absolute Gasteiger partial charge is 0.299 e. The Hall–Kier alpha value is -0.710. The van der Waals surface area contributed by atoms with Gasteiger partial charge >= 0.3 is 19.9 Å². The van der Waals surface area contributed by atoms with Gasteiger partial charge in [0.1, 0.15) is 0 Å². The number of hydrogen-bond acceptors (Lipinski definition) is 5. The average molecular weight is 386 g/mol. The molecule has 0 saturated heterocycles. The summed E-state index contributed by atoms with van der Waals surface area (Å²) in [6, 6.07) is 1.38. The van der Waals surface area contributed by atoms with Crippen LogP contribution in [0.3, 0.4) is 0 Å². The van der Waals surface area contributed by atoms with E-state index >= 15 is 0 Å². The minimum atomic E-state index is -4.86. The van der Waals surface area contributed by atoms with Gasteiger partial charge in [-0.05, 0) is 12.3 Å². The van der Waals surface area contributed by atoms with Gasteiger partial charge in [-0.15, -0.1) is 11.8 Å². The first-order valence-electron chi connectivity index (χ1n) is 5.92. The highest BCUT2D eigenvalue weighted by Gasteiger charge is 2.39. The molecule has 5 nitrogen and oxygen atoms in total. The van der Waals surface area contributed by atoms with Crippen molar-refractivity contribution in [2.75, 3.05) is 19.5 Å². The number of aryl methyl sites for hydroxylation is 1. The maximum Gasteiger partial charge on any atom is 0.412 e. The predicted molar refractivity (Wildman–Crippen MR) is 70.3 cm³/mol. The van der Waals surface area contributed by atoms with Crippen LogP contribution in [0.15, 0.2) is 11.1 Å². The molecule has 0 spiro atoms. The molecule has 0 aliphatic rings. The van der Waals surface area contributed by atoms with Gasteiger partial charge in [0.2, 0.25) is 0 Å². The van der Waals surface area contributed by atoms with Crippen LogP contribution in [0.5, 0.6) is 0 Å². The van der Waals surface area contributed by atoms with E-state index in [2.05, 4.69) is 14.1 Å². The lowest BCUT2D eigenvalue weighted by molar-refractivity contribution is -0.165. The highest BCUT2D eigenvalue weighted by molar-refractivity contribution is 7.98. The summed E-state index contributed by atoms with van der Waals surface area (Å²) in [5, 5.41) is 4.44. The molecular weight excluding hydrogens is 373 g/mol. The lowest BCUT2D eigenvalue weighted by Gasteiger charge is -2.19. The number of hydrogen-bond donors (Lipinski definition) is 0. The van der Waals surface area contributed by atoms with Gasteiger partial charge in [0, 0.05) is 7.05 Å². The quantitative estimate of drug-likeness (QED) is 0.403. The molecule has 0 aromatic carbocycles. The molecule has 0 fully saturated rings. The molecule has 0 N–H and O–H groups in total. The summed E-state index contributed by atoms with van der Waals surface area (Å²) in [7, 11) is -3.16. The van der Waals surface area contributed by atoms with Gasteiger partial charge < -0.3 is 0 Å².